The average molecular weight is 350 g/mol. The first-order valence-electron chi connectivity index (χ1n) is 11.1. The van der Waals surface area contributed by atoms with Crippen molar-refractivity contribution in [2.45, 2.75) is 122 Å². The minimum Gasteiger partial charge on any atom is -0.373 e. The summed E-state index contributed by atoms with van der Waals surface area (Å²) in [5, 5.41) is 9.99. The van der Waals surface area contributed by atoms with Crippen LogP contribution in [0, 0.1) is 0 Å². The van der Waals surface area contributed by atoms with E-state index in [0.717, 1.165) is 12.8 Å². The van der Waals surface area contributed by atoms with Crippen LogP contribution in [0.15, 0.2) is 24.5 Å². The van der Waals surface area contributed by atoms with Crippen LogP contribution in [0.25, 0.3) is 0 Å². The van der Waals surface area contributed by atoms with E-state index in [0.29, 0.717) is 0 Å². The number of aromatic nitrogens is 1. The maximum Gasteiger partial charge on any atom is 0.130 e. The maximum atomic E-state index is 9.99. The van der Waals surface area contributed by atoms with Crippen LogP contribution in [0.5, 0.6) is 0 Å². The molecule has 0 saturated carbocycles. The van der Waals surface area contributed by atoms with Crippen LogP contribution in [0.4, 0.5) is 0 Å². The number of aliphatic hydroxyl groups is 1. The first-order chi connectivity index (χ1) is 12.3. The number of hydrogen-bond donors (Lipinski definition) is 1. The van der Waals surface area contributed by atoms with E-state index in [2.05, 4.69) is 6.92 Å². The molecule has 0 radical (unpaired) electrons. The standard InChI is InChI=1S/C23H43NO/c1-2-3-4-5-6-7-8-9-10-11-12-13-14-15-16-17-20-23(25)24-21-18-19-22-24/h18-19,21-23,25H,2-17,20H2,1H3. The summed E-state index contributed by atoms with van der Waals surface area (Å²) in [7, 11) is 0. The fourth-order valence-electron chi connectivity index (χ4n) is 3.57. The van der Waals surface area contributed by atoms with Crippen molar-refractivity contribution < 1.29 is 5.11 Å². The van der Waals surface area contributed by atoms with Crippen LogP contribution < -0.4 is 0 Å². The van der Waals surface area contributed by atoms with Crippen LogP contribution in [-0.4, -0.2) is 9.67 Å². The Morgan fingerprint density at radius 1 is 0.600 bits per heavy atom. The van der Waals surface area contributed by atoms with Crippen molar-refractivity contribution in [1.82, 2.24) is 4.57 Å². The Balaban J connectivity index is 1.72. The van der Waals surface area contributed by atoms with Gasteiger partial charge in [-0.3, -0.25) is 0 Å². The molecule has 0 aliphatic rings. The molecule has 1 aromatic rings. The number of hydrogen-bond acceptors (Lipinski definition) is 1. The first kappa shape index (κ1) is 22.3. The Hall–Kier alpha value is -0.760. The lowest BCUT2D eigenvalue weighted by molar-refractivity contribution is 0.0917. The van der Waals surface area contributed by atoms with Crippen LogP contribution in [0.1, 0.15) is 122 Å². The molecule has 1 N–H and O–H groups in total. The minimum atomic E-state index is -0.332. The van der Waals surface area contributed by atoms with E-state index >= 15 is 0 Å². The van der Waals surface area contributed by atoms with Gasteiger partial charge in [0.2, 0.25) is 0 Å². The van der Waals surface area contributed by atoms with Gasteiger partial charge in [-0.1, -0.05) is 103 Å². The Morgan fingerprint density at radius 3 is 1.36 bits per heavy atom. The molecule has 0 spiro atoms. The molecule has 0 fully saturated rings. The first-order valence-corrected chi connectivity index (χ1v) is 11.1. The van der Waals surface area contributed by atoms with E-state index in [4.69, 9.17) is 0 Å². The summed E-state index contributed by atoms with van der Waals surface area (Å²) in [5.74, 6) is 0. The highest BCUT2D eigenvalue weighted by atomic mass is 16.3. The smallest absolute Gasteiger partial charge is 0.130 e. The zero-order valence-corrected chi connectivity index (χ0v) is 16.8. The maximum absolute atomic E-state index is 9.99. The third kappa shape index (κ3) is 13.1. The lowest BCUT2D eigenvalue weighted by Gasteiger charge is -2.12. The molecule has 1 heterocycles. The minimum absolute atomic E-state index is 0.332. The second-order valence-corrected chi connectivity index (χ2v) is 7.70. The lowest BCUT2D eigenvalue weighted by Crippen LogP contribution is -2.05. The third-order valence-electron chi connectivity index (χ3n) is 5.29. The molecule has 25 heavy (non-hydrogen) atoms. The molecule has 1 atom stereocenters. The van der Waals surface area contributed by atoms with Crippen molar-refractivity contribution in [3.8, 4) is 0 Å². The average Bonchev–Trinajstić information content (AvgIpc) is 3.16. The topological polar surface area (TPSA) is 25.2 Å². The molecule has 2 heteroatoms. The van der Waals surface area contributed by atoms with E-state index in [1.54, 1.807) is 0 Å². The number of nitrogens with zero attached hydrogens (tertiary/aromatic N) is 1. The molecule has 1 aromatic heterocycles. The van der Waals surface area contributed by atoms with Gasteiger partial charge >= 0.3 is 0 Å². The summed E-state index contributed by atoms with van der Waals surface area (Å²) >= 11 is 0. The summed E-state index contributed by atoms with van der Waals surface area (Å²) < 4.78 is 1.89. The fraction of sp³-hybridized carbons (Fsp3) is 0.826. The molecule has 0 bridgehead atoms. The van der Waals surface area contributed by atoms with Gasteiger partial charge in [-0.2, -0.15) is 0 Å². The van der Waals surface area contributed by atoms with Gasteiger partial charge in [0.25, 0.3) is 0 Å². The fourth-order valence-corrected chi connectivity index (χ4v) is 3.57. The lowest BCUT2D eigenvalue weighted by atomic mass is 10.0. The van der Waals surface area contributed by atoms with Crippen molar-refractivity contribution in [2.24, 2.45) is 0 Å². The van der Waals surface area contributed by atoms with Gasteiger partial charge in [0, 0.05) is 12.4 Å². The SMILES string of the molecule is CCCCCCCCCCCCCCCCCCC(O)n1cccc1. The third-order valence-corrected chi connectivity index (χ3v) is 5.29. The van der Waals surface area contributed by atoms with E-state index in [-0.39, 0.29) is 6.23 Å². The molecular formula is C23H43NO. The van der Waals surface area contributed by atoms with Gasteiger partial charge in [0.15, 0.2) is 0 Å². The predicted molar refractivity (Wildman–Crippen MR) is 110 cm³/mol. The largest absolute Gasteiger partial charge is 0.373 e. The summed E-state index contributed by atoms with van der Waals surface area (Å²) in [6, 6.07) is 3.94. The summed E-state index contributed by atoms with van der Waals surface area (Å²) in [5.41, 5.74) is 0. The van der Waals surface area contributed by atoms with Crippen LogP contribution >= 0.6 is 0 Å². The van der Waals surface area contributed by atoms with Crippen molar-refractivity contribution in [3.63, 3.8) is 0 Å². The zero-order chi connectivity index (χ0) is 18.0. The van der Waals surface area contributed by atoms with Gasteiger partial charge in [-0.05, 0) is 25.0 Å². The molecular weight excluding hydrogens is 306 g/mol. The molecule has 0 aromatic carbocycles. The number of unbranched alkanes of at least 4 members (excludes halogenated alkanes) is 15. The molecule has 0 aliphatic heterocycles. The van der Waals surface area contributed by atoms with Gasteiger partial charge in [0.05, 0.1) is 0 Å². The number of aliphatic hydroxyl groups excluding tert-OH is 1. The summed E-state index contributed by atoms with van der Waals surface area (Å²) in [4.78, 5) is 0. The highest BCUT2D eigenvalue weighted by Crippen LogP contribution is 2.16. The van der Waals surface area contributed by atoms with E-state index in [1.165, 1.54) is 96.3 Å². The highest BCUT2D eigenvalue weighted by Gasteiger charge is 2.03. The molecule has 1 unspecified atom stereocenters. The Bertz CT molecular complexity index is 360. The van der Waals surface area contributed by atoms with Crippen LogP contribution in [-0.2, 0) is 0 Å². The van der Waals surface area contributed by atoms with Crippen molar-refractivity contribution in [2.75, 3.05) is 0 Å². The van der Waals surface area contributed by atoms with E-state index in [9.17, 15) is 5.11 Å². The molecule has 0 amide bonds. The molecule has 146 valence electrons. The Morgan fingerprint density at radius 2 is 0.960 bits per heavy atom. The van der Waals surface area contributed by atoms with Crippen LogP contribution in [0.3, 0.4) is 0 Å². The second-order valence-electron chi connectivity index (χ2n) is 7.70. The summed E-state index contributed by atoms with van der Waals surface area (Å²) in [6.45, 7) is 2.29. The van der Waals surface area contributed by atoms with Gasteiger partial charge in [-0.25, -0.2) is 0 Å². The van der Waals surface area contributed by atoms with E-state index < -0.39 is 0 Å². The molecule has 0 aliphatic carbocycles. The van der Waals surface area contributed by atoms with Gasteiger partial charge in [0.1, 0.15) is 6.23 Å². The molecule has 0 saturated heterocycles. The van der Waals surface area contributed by atoms with Crippen molar-refractivity contribution >= 4 is 0 Å². The summed E-state index contributed by atoms with van der Waals surface area (Å²) in [6.07, 6.45) is 26.7. The number of rotatable bonds is 18. The van der Waals surface area contributed by atoms with Crippen molar-refractivity contribution in [1.29, 1.82) is 0 Å². The van der Waals surface area contributed by atoms with Gasteiger partial charge in [-0.15, -0.1) is 0 Å². The molecule has 1 rings (SSSR count). The highest BCUT2D eigenvalue weighted by molar-refractivity contribution is 4.91. The quantitative estimate of drug-likeness (QED) is 0.271. The predicted octanol–water partition coefficient (Wildman–Crippen LogP) is 7.63. The van der Waals surface area contributed by atoms with E-state index in [1.807, 2.05) is 29.1 Å². The monoisotopic (exact) mass is 349 g/mol. The molecule has 2 nitrogen and oxygen atoms in total. The second kappa shape index (κ2) is 16.7. The van der Waals surface area contributed by atoms with Gasteiger partial charge < -0.3 is 9.67 Å². The Kier molecular flexibility index (Phi) is 14.9. The van der Waals surface area contributed by atoms with Crippen LogP contribution in [0.2, 0.25) is 0 Å². The zero-order valence-electron chi connectivity index (χ0n) is 16.8. The Labute approximate surface area is 157 Å². The normalized spacial score (nSPS) is 12.6. The van der Waals surface area contributed by atoms with Crippen molar-refractivity contribution in [3.05, 3.63) is 24.5 Å².